The molecule has 0 amide bonds. The van der Waals surface area contributed by atoms with Crippen molar-refractivity contribution in [2.24, 2.45) is 0 Å². The van der Waals surface area contributed by atoms with E-state index in [1.165, 1.54) is 6.92 Å². The van der Waals surface area contributed by atoms with Gasteiger partial charge in [-0.05, 0) is 6.92 Å². The van der Waals surface area contributed by atoms with Crippen molar-refractivity contribution < 1.29 is 10.2 Å². The van der Waals surface area contributed by atoms with Crippen LogP contribution in [0.4, 0.5) is 0 Å². The average Bonchev–Trinajstić information content (AvgIpc) is 1.33. The second-order valence-corrected chi connectivity index (χ2v) is 1.02. The lowest BCUT2D eigenvalue weighted by atomic mass is 10.7. The second-order valence-electron chi connectivity index (χ2n) is 1.02. The minimum atomic E-state index is -0.0833. The van der Waals surface area contributed by atoms with Gasteiger partial charge in [-0.1, -0.05) is 6.92 Å². The molecule has 0 aromatic carbocycles. The SMILES string of the molecule is C=C(C)[O-].CCO. The third-order valence-electron chi connectivity index (χ3n) is 0. The molecule has 0 aliphatic carbocycles. The standard InChI is InChI=1S/C3H6O.C2H6O/c1-3(2)4;1-2-3/h4H,1H2,2H3;3H,2H2,1H3/p-1. The Hall–Kier alpha value is -0.500. The molecule has 44 valence electrons. The van der Waals surface area contributed by atoms with Crippen molar-refractivity contribution in [3.05, 3.63) is 12.3 Å². The van der Waals surface area contributed by atoms with Crippen LogP contribution in [0.5, 0.6) is 0 Å². The summed E-state index contributed by atoms with van der Waals surface area (Å²) in [4.78, 5) is 0. The molecule has 0 saturated carbocycles. The van der Waals surface area contributed by atoms with Crippen molar-refractivity contribution in [2.75, 3.05) is 6.61 Å². The summed E-state index contributed by atoms with van der Waals surface area (Å²) in [6.07, 6.45) is 0. The molecule has 0 rings (SSSR count). The van der Waals surface area contributed by atoms with E-state index in [0.717, 1.165) is 0 Å². The van der Waals surface area contributed by atoms with Crippen molar-refractivity contribution in [1.29, 1.82) is 0 Å². The maximum atomic E-state index is 9.33. The van der Waals surface area contributed by atoms with Gasteiger partial charge in [-0.25, -0.2) is 0 Å². The molecule has 0 aromatic rings. The fourth-order valence-electron chi connectivity index (χ4n) is 0. The van der Waals surface area contributed by atoms with E-state index in [1.807, 2.05) is 0 Å². The lowest BCUT2D eigenvalue weighted by Gasteiger charge is -1.92. The summed E-state index contributed by atoms with van der Waals surface area (Å²) in [5, 5.41) is 16.9. The van der Waals surface area contributed by atoms with Crippen LogP contribution < -0.4 is 5.11 Å². The highest BCUT2D eigenvalue weighted by molar-refractivity contribution is 4.64. The highest BCUT2D eigenvalue weighted by Crippen LogP contribution is 1.57. The summed E-state index contributed by atoms with van der Waals surface area (Å²) >= 11 is 0. The topological polar surface area (TPSA) is 43.3 Å². The van der Waals surface area contributed by atoms with Crippen molar-refractivity contribution in [1.82, 2.24) is 0 Å². The Morgan fingerprint density at radius 1 is 1.86 bits per heavy atom. The van der Waals surface area contributed by atoms with Gasteiger partial charge < -0.3 is 10.2 Å². The van der Waals surface area contributed by atoms with E-state index in [0.29, 0.717) is 0 Å². The summed E-state index contributed by atoms with van der Waals surface area (Å²) in [6, 6.07) is 0. The molecule has 2 heteroatoms. The second kappa shape index (κ2) is 9.09. The first-order valence-electron chi connectivity index (χ1n) is 2.08. The lowest BCUT2D eigenvalue weighted by molar-refractivity contribution is -0.300. The summed E-state index contributed by atoms with van der Waals surface area (Å²) < 4.78 is 0. The van der Waals surface area contributed by atoms with E-state index in [1.54, 1.807) is 6.92 Å². The van der Waals surface area contributed by atoms with Gasteiger partial charge in [-0.15, -0.1) is 12.3 Å². The van der Waals surface area contributed by atoms with E-state index >= 15 is 0 Å². The molecule has 0 aromatic heterocycles. The van der Waals surface area contributed by atoms with E-state index in [-0.39, 0.29) is 12.4 Å². The maximum Gasteiger partial charge on any atom is 0.0402 e. The number of aliphatic hydroxyl groups is 1. The Morgan fingerprint density at radius 2 is 1.86 bits per heavy atom. The van der Waals surface area contributed by atoms with Crippen LogP contribution in [0.1, 0.15) is 13.8 Å². The van der Waals surface area contributed by atoms with Gasteiger partial charge in [0.25, 0.3) is 0 Å². The molecule has 0 unspecified atom stereocenters. The van der Waals surface area contributed by atoms with Gasteiger partial charge in [0, 0.05) is 6.61 Å². The smallest absolute Gasteiger partial charge is 0.0402 e. The molecule has 0 heterocycles. The number of hydrogen-bond donors (Lipinski definition) is 1. The highest BCUT2D eigenvalue weighted by Gasteiger charge is 1.36. The number of hydrogen-bond acceptors (Lipinski definition) is 2. The molecule has 0 aliphatic rings. The van der Waals surface area contributed by atoms with Gasteiger partial charge >= 0.3 is 0 Å². The monoisotopic (exact) mass is 103 g/mol. The largest absolute Gasteiger partial charge is 0.876 e. The molecular formula is C5H11O2-. The number of aliphatic hydroxyl groups excluding tert-OH is 1. The van der Waals surface area contributed by atoms with Gasteiger partial charge in [0.2, 0.25) is 0 Å². The van der Waals surface area contributed by atoms with Crippen molar-refractivity contribution in [3.63, 3.8) is 0 Å². The third-order valence-corrected chi connectivity index (χ3v) is 0. The van der Waals surface area contributed by atoms with E-state index in [2.05, 4.69) is 6.58 Å². The van der Waals surface area contributed by atoms with Crippen molar-refractivity contribution in [2.45, 2.75) is 13.8 Å². The highest BCUT2D eigenvalue weighted by atomic mass is 16.3. The first-order chi connectivity index (χ1) is 3.15. The molecule has 0 bridgehead atoms. The van der Waals surface area contributed by atoms with Crippen LogP contribution in [0.2, 0.25) is 0 Å². The lowest BCUT2D eigenvalue weighted by Crippen LogP contribution is -1.92. The average molecular weight is 103 g/mol. The number of rotatable bonds is 0. The molecule has 1 N–H and O–H groups in total. The maximum absolute atomic E-state index is 9.33. The quantitative estimate of drug-likeness (QED) is 0.434. The first kappa shape index (κ1) is 9.71. The predicted octanol–water partition coefficient (Wildman–Crippen LogP) is -0.121. The fourth-order valence-corrected chi connectivity index (χ4v) is 0. The van der Waals surface area contributed by atoms with Crippen molar-refractivity contribution in [3.8, 4) is 0 Å². The minimum absolute atomic E-state index is 0.0833. The Balaban J connectivity index is 0. The first-order valence-corrected chi connectivity index (χ1v) is 2.08. The Kier molecular flexibility index (Phi) is 12.6. The van der Waals surface area contributed by atoms with Gasteiger partial charge in [0.05, 0.1) is 0 Å². The summed E-state index contributed by atoms with van der Waals surface area (Å²) in [5.41, 5.74) is 0. The molecule has 0 fully saturated rings. The summed E-state index contributed by atoms with van der Waals surface area (Å²) in [7, 11) is 0. The van der Waals surface area contributed by atoms with Crippen LogP contribution in [0.15, 0.2) is 12.3 Å². The van der Waals surface area contributed by atoms with Crippen LogP contribution >= 0.6 is 0 Å². The Bertz CT molecular complexity index is 37.3. The summed E-state index contributed by atoms with van der Waals surface area (Å²) in [6.45, 7) is 6.35. The molecule has 0 saturated heterocycles. The zero-order valence-corrected chi connectivity index (χ0v) is 4.77. The Morgan fingerprint density at radius 3 is 1.86 bits per heavy atom. The van der Waals surface area contributed by atoms with E-state index in [4.69, 9.17) is 5.11 Å². The zero-order chi connectivity index (χ0) is 6.28. The molecule has 0 radical (unpaired) electrons. The van der Waals surface area contributed by atoms with E-state index in [9.17, 15) is 5.11 Å². The Labute approximate surface area is 44.1 Å². The fraction of sp³-hybridized carbons (Fsp3) is 0.600. The van der Waals surface area contributed by atoms with Gasteiger partial charge in [-0.3, -0.25) is 0 Å². The predicted molar refractivity (Wildman–Crippen MR) is 27.6 cm³/mol. The molecule has 0 spiro atoms. The van der Waals surface area contributed by atoms with Crippen LogP contribution in [0.25, 0.3) is 0 Å². The molecule has 0 atom stereocenters. The van der Waals surface area contributed by atoms with Crippen LogP contribution in [-0.4, -0.2) is 11.7 Å². The summed E-state index contributed by atoms with van der Waals surface area (Å²) in [5.74, 6) is -0.0833. The molecule has 0 aliphatic heterocycles. The molecular weight excluding hydrogens is 92.1 g/mol. The molecule has 2 nitrogen and oxygen atoms in total. The van der Waals surface area contributed by atoms with Crippen LogP contribution in [0, 0.1) is 0 Å². The van der Waals surface area contributed by atoms with Gasteiger partial charge in [-0.2, -0.15) is 0 Å². The normalized spacial score (nSPS) is 6.14. The number of allylic oxidation sites excluding steroid dienone is 1. The van der Waals surface area contributed by atoms with Crippen molar-refractivity contribution >= 4 is 0 Å². The minimum Gasteiger partial charge on any atom is -0.876 e. The van der Waals surface area contributed by atoms with Crippen LogP contribution in [0.3, 0.4) is 0 Å². The van der Waals surface area contributed by atoms with E-state index < -0.39 is 0 Å². The third kappa shape index (κ3) is 270. The van der Waals surface area contributed by atoms with Gasteiger partial charge in [0.1, 0.15) is 0 Å². The molecule has 7 heavy (non-hydrogen) atoms. The van der Waals surface area contributed by atoms with Crippen LogP contribution in [-0.2, 0) is 0 Å². The van der Waals surface area contributed by atoms with Gasteiger partial charge in [0.15, 0.2) is 0 Å². The zero-order valence-electron chi connectivity index (χ0n) is 4.77.